The maximum Gasteiger partial charge on any atom is 0.296 e. The molecule has 2 N–H and O–H groups in total. The van der Waals surface area contributed by atoms with E-state index >= 15 is 0 Å². The Balaban J connectivity index is 2.23. The highest BCUT2D eigenvalue weighted by molar-refractivity contribution is 5.64. The Labute approximate surface area is 86.9 Å². The van der Waals surface area contributed by atoms with Gasteiger partial charge < -0.3 is 10.4 Å². The molecule has 0 spiro atoms. The van der Waals surface area contributed by atoms with Gasteiger partial charge in [0, 0.05) is 6.04 Å². The molecule has 1 fully saturated rings. The molecule has 2 rings (SSSR count). The average molecular weight is 208 g/mol. The van der Waals surface area contributed by atoms with E-state index in [4.69, 9.17) is 5.11 Å². The third-order valence-electron chi connectivity index (χ3n) is 2.64. The second-order valence-corrected chi connectivity index (χ2v) is 3.73. The van der Waals surface area contributed by atoms with E-state index in [1.165, 1.54) is 18.6 Å². The average Bonchev–Trinajstić information content (AvgIpc) is 2.12. The fourth-order valence-electron chi connectivity index (χ4n) is 1.57. The van der Waals surface area contributed by atoms with Crippen molar-refractivity contribution >= 4 is 11.4 Å². The minimum Gasteiger partial charge on any atom is -0.508 e. The van der Waals surface area contributed by atoms with Gasteiger partial charge in [0.1, 0.15) is 11.4 Å². The molecular formula is C10H12N2O3. The fourth-order valence-corrected chi connectivity index (χ4v) is 1.57. The van der Waals surface area contributed by atoms with Crippen LogP contribution in [0.5, 0.6) is 5.75 Å². The van der Waals surface area contributed by atoms with Crippen molar-refractivity contribution in [3.8, 4) is 5.75 Å². The summed E-state index contributed by atoms with van der Waals surface area (Å²) in [6.45, 7) is 0. The summed E-state index contributed by atoms with van der Waals surface area (Å²) < 4.78 is 0. The molecule has 0 radical (unpaired) electrons. The van der Waals surface area contributed by atoms with Crippen molar-refractivity contribution in [1.82, 2.24) is 0 Å². The summed E-state index contributed by atoms with van der Waals surface area (Å²) in [5.41, 5.74) is 0.421. The summed E-state index contributed by atoms with van der Waals surface area (Å²) in [6.07, 6.45) is 3.28. The number of rotatable bonds is 3. The van der Waals surface area contributed by atoms with Crippen molar-refractivity contribution < 1.29 is 10.0 Å². The summed E-state index contributed by atoms with van der Waals surface area (Å²) >= 11 is 0. The van der Waals surface area contributed by atoms with E-state index in [0.717, 1.165) is 12.8 Å². The molecule has 1 saturated carbocycles. The number of hydrogen-bond donors (Lipinski definition) is 2. The Morgan fingerprint density at radius 1 is 1.47 bits per heavy atom. The summed E-state index contributed by atoms with van der Waals surface area (Å²) in [4.78, 5) is 10.2. The molecule has 1 aromatic rings. The molecule has 0 saturated heterocycles. The summed E-state index contributed by atoms with van der Waals surface area (Å²) in [5.74, 6) is -0.0825. The van der Waals surface area contributed by atoms with Gasteiger partial charge in [-0.3, -0.25) is 10.1 Å². The van der Waals surface area contributed by atoms with Crippen LogP contribution in [0, 0.1) is 10.1 Å². The number of phenols is 1. The number of nitrogens with one attached hydrogen (secondary N) is 1. The van der Waals surface area contributed by atoms with Crippen LogP contribution in [-0.2, 0) is 0 Å². The van der Waals surface area contributed by atoms with Crippen LogP contribution in [0.3, 0.4) is 0 Å². The molecule has 1 aliphatic carbocycles. The highest BCUT2D eigenvalue weighted by Gasteiger charge is 2.21. The normalized spacial score (nSPS) is 15.7. The molecular weight excluding hydrogens is 196 g/mol. The largest absolute Gasteiger partial charge is 0.508 e. The summed E-state index contributed by atoms with van der Waals surface area (Å²) in [7, 11) is 0. The number of hydrogen-bond acceptors (Lipinski definition) is 4. The molecule has 0 amide bonds. The monoisotopic (exact) mass is 208 g/mol. The molecule has 0 aliphatic heterocycles. The van der Waals surface area contributed by atoms with Crippen LogP contribution in [-0.4, -0.2) is 16.1 Å². The second-order valence-electron chi connectivity index (χ2n) is 3.73. The standard InChI is InChI=1S/C10H12N2O3/c13-8-4-5-9(10(6-8)12(14)15)11-7-2-1-3-7/h4-7,11,13H,1-3H2. The van der Waals surface area contributed by atoms with Crippen LogP contribution in [0.2, 0.25) is 0 Å². The lowest BCUT2D eigenvalue weighted by atomic mass is 9.93. The van der Waals surface area contributed by atoms with Crippen molar-refractivity contribution in [2.24, 2.45) is 0 Å². The maximum atomic E-state index is 10.7. The van der Waals surface area contributed by atoms with E-state index in [1.807, 2.05) is 0 Å². The van der Waals surface area contributed by atoms with Crippen LogP contribution >= 0.6 is 0 Å². The van der Waals surface area contributed by atoms with E-state index in [2.05, 4.69) is 5.32 Å². The lowest BCUT2D eigenvalue weighted by Gasteiger charge is -2.27. The summed E-state index contributed by atoms with van der Waals surface area (Å²) in [5, 5.41) is 23.0. The molecule has 0 unspecified atom stereocenters. The first-order valence-corrected chi connectivity index (χ1v) is 4.91. The minimum atomic E-state index is -0.485. The van der Waals surface area contributed by atoms with Crippen LogP contribution in [0.4, 0.5) is 11.4 Å². The molecule has 0 atom stereocenters. The van der Waals surface area contributed by atoms with Gasteiger partial charge >= 0.3 is 0 Å². The van der Waals surface area contributed by atoms with Crippen molar-refractivity contribution in [2.45, 2.75) is 25.3 Å². The van der Waals surface area contributed by atoms with Gasteiger partial charge in [-0.05, 0) is 31.4 Å². The number of nitro benzene ring substituents is 1. The zero-order valence-electron chi connectivity index (χ0n) is 8.14. The van der Waals surface area contributed by atoms with Gasteiger partial charge in [0.2, 0.25) is 0 Å². The van der Waals surface area contributed by atoms with Crippen molar-refractivity contribution in [3.05, 3.63) is 28.3 Å². The first-order chi connectivity index (χ1) is 7.16. The molecule has 0 aromatic heterocycles. The zero-order chi connectivity index (χ0) is 10.8. The van der Waals surface area contributed by atoms with E-state index in [0.29, 0.717) is 11.7 Å². The molecule has 0 bridgehead atoms. The fraction of sp³-hybridized carbons (Fsp3) is 0.400. The Hall–Kier alpha value is -1.78. The SMILES string of the molecule is O=[N+]([O-])c1cc(O)ccc1NC1CCC1. The molecule has 80 valence electrons. The Bertz CT molecular complexity index is 388. The van der Waals surface area contributed by atoms with E-state index in [9.17, 15) is 10.1 Å². The topological polar surface area (TPSA) is 75.4 Å². The number of anilines is 1. The first-order valence-electron chi connectivity index (χ1n) is 4.91. The van der Waals surface area contributed by atoms with Crippen molar-refractivity contribution in [3.63, 3.8) is 0 Å². The quantitative estimate of drug-likeness (QED) is 0.454. The van der Waals surface area contributed by atoms with E-state index < -0.39 is 4.92 Å². The van der Waals surface area contributed by atoms with E-state index in [-0.39, 0.29) is 11.4 Å². The minimum absolute atomic E-state index is 0.0677. The molecule has 0 heterocycles. The van der Waals surface area contributed by atoms with Crippen LogP contribution in [0.25, 0.3) is 0 Å². The van der Waals surface area contributed by atoms with Crippen LogP contribution in [0.1, 0.15) is 19.3 Å². The maximum absolute atomic E-state index is 10.7. The third-order valence-corrected chi connectivity index (χ3v) is 2.64. The van der Waals surface area contributed by atoms with E-state index in [1.54, 1.807) is 6.07 Å². The van der Waals surface area contributed by atoms with Crippen molar-refractivity contribution in [1.29, 1.82) is 0 Å². The number of aromatic hydroxyl groups is 1. The lowest BCUT2D eigenvalue weighted by Crippen LogP contribution is -2.27. The van der Waals surface area contributed by atoms with Gasteiger partial charge in [-0.2, -0.15) is 0 Å². The Kier molecular flexibility index (Phi) is 2.45. The number of phenolic OH excluding ortho intramolecular Hbond substituents is 1. The molecule has 15 heavy (non-hydrogen) atoms. The molecule has 1 aromatic carbocycles. The molecule has 1 aliphatic rings. The second kappa shape index (κ2) is 3.76. The number of nitro groups is 1. The number of benzene rings is 1. The summed E-state index contributed by atoms with van der Waals surface area (Å²) in [6, 6.07) is 4.51. The Morgan fingerprint density at radius 3 is 2.73 bits per heavy atom. The Morgan fingerprint density at radius 2 is 2.20 bits per heavy atom. The molecule has 5 heteroatoms. The first kappa shape index (κ1) is 9.76. The highest BCUT2D eigenvalue weighted by Crippen LogP contribution is 2.31. The number of nitrogens with zero attached hydrogens (tertiary/aromatic N) is 1. The van der Waals surface area contributed by atoms with Gasteiger partial charge in [0.05, 0.1) is 11.0 Å². The van der Waals surface area contributed by atoms with Gasteiger partial charge in [0.15, 0.2) is 0 Å². The predicted octanol–water partition coefficient (Wildman–Crippen LogP) is 2.26. The van der Waals surface area contributed by atoms with Gasteiger partial charge in [-0.25, -0.2) is 0 Å². The van der Waals surface area contributed by atoms with Crippen molar-refractivity contribution in [2.75, 3.05) is 5.32 Å². The van der Waals surface area contributed by atoms with Gasteiger partial charge in [0.25, 0.3) is 5.69 Å². The van der Waals surface area contributed by atoms with Crippen LogP contribution in [0.15, 0.2) is 18.2 Å². The van der Waals surface area contributed by atoms with Crippen LogP contribution < -0.4 is 5.32 Å². The predicted molar refractivity (Wildman–Crippen MR) is 56.0 cm³/mol. The van der Waals surface area contributed by atoms with Gasteiger partial charge in [-0.15, -0.1) is 0 Å². The highest BCUT2D eigenvalue weighted by atomic mass is 16.6. The smallest absolute Gasteiger partial charge is 0.296 e. The van der Waals surface area contributed by atoms with Gasteiger partial charge in [-0.1, -0.05) is 0 Å². The zero-order valence-corrected chi connectivity index (χ0v) is 8.14. The molecule has 5 nitrogen and oxygen atoms in total. The third kappa shape index (κ3) is 2.01. The lowest BCUT2D eigenvalue weighted by molar-refractivity contribution is -0.384.